The van der Waals surface area contributed by atoms with Gasteiger partial charge in [-0.05, 0) is 30.3 Å². The first-order valence-electron chi connectivity index (χ1n) is 7.87. The lowest BCUT2D eigenvalue weighted by Crippen LogP contribution is -2.34. The van der Waals surface area contributed by atoms with Gasteiger partial charge in [-0.2, -0.15) is 13.2 Å². The fourth-order valence-electron chi connectivity index (χ4n) is 3.00. The molecule has 0 saturated carbocycles. The molecule has 0 bridgehead atoms. The second-order valence-electron chi connectivity index (χ2n) is 6.02. The van der Waals surface area contributed by atoms with Gasteiger partial charge in [-0.3, -0.25) is 10.0 Å². The van der Waals surface area contributed by atoms with Gasteiger partial charge in [0.15, 0.2) is 6.17 Å². The number of alkyl halides is 3. The molecule has 1 aromatic carbocycles. The van der Waals surface area contributed by atoms with Crippen molar-refractivity contribution in [2.24, 2.45) is 5.73 Å². The Balaban J connectivity index is 2.15. The summed E-state index contributed by atoms with van der Waals surface area (Å²) >= 11 is 0. The standard InChI is InChI=1S/C17H15F3N4O4/c1-23-11-6-3-8(17(18,19)20)7-12(11)24(27)15(23)13-9(16(26)28-2)4-5-10(22-13)14(21)25/h3-7,15,27H,1-2H3,(H2,21,25). The second-order valence-corrected chi connectivity index (χ2v) is 6.02. The number of nitrogens with two attached hydrogens (primary N) is 1. The minimum absolute atomic E-state index is 0.0766. The number of hydrogen-bond donors (Lipinski definition) is 2. The highest BCUT2D eigenvalue weighted by molar-refractivity contribution is 5.95. The molecule has 8 nitrogen and oxygen atoms in total. The third-order valence-corrected chi connectivity index (χ3v) is 4.36. The number of benzene rings is 1. The van der Waals surface area contributed by atoms with Crippen LogP contribution in [0.25, 0.3) is 0 Å². The van der Waals surface area contributed by atoms with Gasteiger partial charge in [0.05, 0.1) is 29.6 Å². The first-order valence-corrected chi connectivity index (χ1v) is 7.87. The van der Waals surface area contributed by atoms with E-state index in [0.717, 1.165) is 19.2 Å². The van der Waals surface area contributed by atoms with E-state index >= 15 is 0 Å². The molecule has 0 radical (unpaired) electrons. The summed E-state index contributed by atoms with van der Waals surface area (Å²) < 4.78 is 43.7. The summed E-state index contributed by atoms with van der Waals surface area (Å²) in [4.78, 5) is 29.0. The molecular weight excluding hydrogens is 381 g/mol. The molecule has 3 rings (SSSR count). The van der Waals surface area contributed by atoms with E-state index in [1.807, 2.05) is 0 Å². The quantitative estimate of drug-likeness (QED) is 0.767. The number of nitrogens with zero attached hydrogens (tertiary/aromatic N) is 3. The first kappa shape index (κ1) is 19.4. The summed E-state index contributed by atoms with van der Waals surface area (Å²) in [7, 11) is 2.63. The van der Waals surface area contributed by atoms with Crippen LogP contribution in [-0.2, 0) is 10.9 Å². The number of hydrogen-bond acceptors (Lipinski definition) is 7. The van der Waals surface area contributed by atoms with Gasteiger partial charge < -0.3 is 15.4 Å². The van der Waals surface area contributed by atoms with Crippen LogP contribution in [0.4, 0.5) is 24.5 Å². The smallest absolute Gasteiger partial charge is 0.416 e. The van der Waals surface area contributed by atoms with Crippen LogP contribution in [0.1, 0.15) is 38.3 Å². The molecule has 1 aromatic heterocycles. The Morgan fingerprint density at radius 3 is 2.46 bits per heavy atom. The molecule has 1 aliphatic heterocycles. The molecule has 28 heavy (non-hydrogen) atoms. The highest BCUT2D eigenvalue weighted by Crippen LogP contribution is 2.46. The number of amides is 1. The highest BCUT2D eigenvalue weighted by atomic mass is 19.4. The average molecular weight is 396 g/mol. The average Bonchev–Trinajstić information content (AvgIpc) is 2.90. The predicted octanol–water partition coefficient (Wildman–Crippen LogP) is 2.33. The molecule has 0 aliphatic carbocycles. The number of carbonyl (C=O) groups excluding carboxylic acids is 2. The zero-order valence-corrected chi connectivity index (χ0v) is 14.7. The van der Waals surface area contributed by atoms with Crippen molar-refractivity contribution < 1.29 is 32.7 Å². The summed E-state index contributed by atoms with van der Waals surface area (Å²) in [6.07, 6.45) is -5.79. The molecule has 1 aliphatic rings. The Bertz CT molecular complexity index is 964. The Labute approximate surface area is 156 Å². The molecular formula is C17H15F3N4O4. The van der Waals surface area contributed by atoms with E-state index in [-0.39, 0.29) is 28.3 Å². The van der Waals surface area contributed by atoms with Crippen molar-refractivity contribution in [3.05, 3.63) is 52.8 Å². The van der Waals surface area contributed by atoms with E-state index in [1.165, 1.54) is 30.1 Å². The molecule has 11 heteroatoms. The van der Waals surface area contributed by atoms with Crippen LogP contribution in [0, 0.1) is 0 Å². The number of pyridine rings is 1. The molecule has 2 heterocycles. The zero-order chi connectivity index (χ0) is 20.8. The number of ether oxygens (including phenoxy) is 1. The molecule has 2 aromatic rings. The van der Waals surface area contributed by atoms with Gasteiger partial charge in [0.1, 0.15) is 11.4 Å². The maximum Gasteiger partial charge on any atom is 0.416 e. The van der Waals surface area contributed by atoms with E-state index < -0.39 is 29.8 Å². The second kappa shape index (κ2) is 6.68. The van der Waals surface area contributed by atoms with Crippen LogP contribution in [-0.4, -0.2) is 36.2 Å². The Kier molecular flexibility index (Phi) is 4.63. The summed E-state index contributed by atoms with van der Waals surface area (Å²) in [5.74, 6) is -1.67. The maximum absolute atomic E-state index is 13.0. The van der Waals surface area contributed by atoms with Gasteiger partial charge in [0.25, 0.3) is 5.91 Å². The van der Waals surface area contributed by atoms with Crippen molar-refractivity contribution in [2.45, 2.75) is 12.3 Å². The van der Waals surface area contributed by atoms with E-state index in [9.17, 15) is 28.0 Å². The summed E-state index contributed by atoms with van der Waals surface area (Å²) in [5, 5.41) is 11.1. The monoisotopic (exact) mass is 396 g/mol. The fraction of sp³-hybridized carbons (Fsp3) is 0.235. The summed E-state index contributed by atoms with van der Waals surface area (Å²) in [6.45, 7) is 0. The van der Waals surface area contributed by atoms with Crippen molar-refractivity contribution >= 4 is 23.3 Å². The SMILES string of the molecule is COC(=O)c1ccc(C(N)=O)nc1C1N(C)c2ccc(C(F)(F)F)cc2N1O. The van der Waals surface area contributed by atoms with Crippen LogP contribution in [0.3, 0.4) is 0 Å². The summed E-state index contributed by atoms with van der Waals surface area (Å²) in [6, 6.07) is 5.31. The Hall–Kier alpha value is -3.34. The van der Waals surface area contributed by atoms with Crippen LogP contribution >= 0.6 is 0 Å². The van der Waals surface area contributed by atoms with E-state index in [0.29, 0.717) is 5.06 Å². The number of aromatic nitrogens is 1. The van der Waals surface area contributed by atoms with Crippen LogP contribution in [0.2, 0.25) is 0 Å². The Morgan fingerprint density at radius 1 is 1.21 bits per heavy atom. The van der Waals surface area contributed by atoms with Crippen molar-refractivity contribution in [1.29, 1.82) is 0 Å². The Morgan fingerprint density at radius 2 is 1.89 bits per heavy atom. The fourth-order valence-corrected chi connectivity index (χ4v) is 3.00. The van der Waals surface area contributed by atoms with Crippen LogP contribution < -0.4 is 15.7 Å². The first-order chi connectivity index (χ1) is 13.1. The third-order valence-electron chi connectivity index (χ3n) is 4.36. The molecule has 3 N–H and O–H groups in total. The molecule has 0 fully saturated rings. The molecule has 148 valence electrons. The highest BCUT2D eigenvalue weighted by Gasteiger charge is 2.40. The van der Waals surface area contributed by atoms with Crippen molar-refractivity contribution in [2.75, 3.05) is 24.1 Å². The predicted molar refractivity (Wildman–Crippen MR) is 90.9 cm³/mol. The van der Waals surface area contributed by atoms with Gasteiger partial charge in [-0.1, -0.05) is 0 Å². The summed E-state index contributed by atoms with van der Waals surface area (Å²) in [5.41, 5.74) is 4.05. The lowest BCUT2D eigenvalue weighted by atomic mass is 10.1. The molecule has 1 amide bonds. The van der Waals surface area contributed by atoms with Crippen molar-refractivity contribution in [3.8, 4) is 0 Å². The minimum Gasteiger partial charge on any atom is -0.465 e. The van der Waals surface area contributed by atoms with Gasteiger partial charge in [0, 0.05) is 7.05 Å². The lowest BCUT2D eigenvalue weighted by molar-refractivity contribution is -0.137. The van der Waals surface area contributed by atoms with Crippen molar-refractivity contribution in [3.63, 3.8) is 0 Å². The minimum atomic E-state index is -4.60. The number of rotatable bonds is 3. The lowest BCUT2D eigenvalue weighted by Gasteiger charge is -2.27. The van der Waals surface area contributed by atoms with E-state index in [4.69, 9.17) is 5.73 Å². The number of esters is 1. The third kappa shape index (κ3) is 3.09. The molecule has 1 unspecified atom stereocenters. The number of carbonyl (C=O) groups is 2. The molecule has 1 atom stereocenters. The zero-order valence-electron chi connectivity index (χ0n) is 14.7. The van der Waals surface area contributed by atoms with E-state index in [1.54, 1.807) is 0 Å². The molecule has 0 saturated heterocycles. The number of methoxy groups -OCH3 is 1. The largest absolute Gasteiger partial charge is 0.465 e. The number of halogens is 3. The number of anilines is 2. The topological polar surface area (TPSA) is 109 Å². The normalized spacial score (nSPS) is 16.1. The molecule has 0 spiro atoms. The number of primary amides is 1. The van der Waals surface area contributed by atoms with Crippen LogP contribution in [0.5, 0.6) is 0 Å². The van der Waals surface area contributed by atoms with Gasteiger partial charge in [0.2, 0.25) is 0 Å². The number of hydroxylamine groups is 1. The maximum atomic E-state index is 13.0. The van der Waals surface area contributed by atoms with E-state index in [2.05, 4.69) is 9.72 Å². The van der Waals surface area contributed by atoms with Crippen LogP contribution in [0.15, 0.2) is 30.3 Å². The van der Waals surface area contributed by atoms with Crippen molar-refractivity contribution in [1.82, 2.24) is 4.98 Å². The van der Waals surface area contributed by atoms with Gasteiger partial charge >= 0.3 is 12.1 Å². The number of fused-ring (bicyclic) bond motifs is 1. The van der Waals surface area contributed by atoms with Gasteiger partial charge in [-0.15, -0.1) is 0 Å². The van der Waals surface area contributed by atoms with Gasteiger partial charge in [-0.25, -0.2) is 14.8 Å².